The minimum Gasteiger partial charge on any atom is -0.465 e. The number of nitro groups is 1. The van der Waals surface area contributed by atoms with E-state index in [0.29, 0.717) is 31.7 Å². The molecule has 122 valence electrons. The summed E-state index contributed by atoms with van der Waals surface area (Å²) in [6.45, 7) is 5.47. The smallest absolute Gasteiger partial charge is 0.407 e. The third-order valence-corrected chi connectivity index (χ3v) is 4.16. The molecule has 1 aliphatic rings. The van der Waals surface area contributed by atoms with Crippen LogP contribution in [0.25, 0.3) is 0 Å². The highest BCUT2D eigenvalue weighted by molar-refractivity contribution is 5.65. The summed E-state index contributed by atoms with van der Waals surface area (Å²) in [5.74, 6) is 0. The van der Waals surface area contributed by atoms with Crippen molar-refractivity contribution in [2.24, 2.45) is 0 Å². The van der Waals surface area contributed by atoms with Crippen molar-refractivity contribution in [3.63, 3.8) is 0 Å². The molecular weight excluding hydrogens is 300 g/mol. The van der Waals surface area contributed by atoms with E-state index in [0.717, 1.165) is 5.56 Å². The highest BCUT2D eigenvalue weighted by Gasteiger charge is 2.28. The van der Waals surface area contributed by atoms with Crippen molar-refractivity contribution >= 4 is 11.8 Å². The van der Waals surface area contributed by atoms with Crippen LogP contribution in [0.1, 0.15) is 23.6 Å². The number of amides is 1. The molecule has 0 aliphatic carbocycles. The molecule has 1 aliphatic heterocycles. The summed E-state index contributed by atoms with van der Waals surface area (Å²) in [5, 5.41) is 29.3. The molecule has 0 bridgehead atoms. The van der Waals surface area contributed by atoms with Gasteiger partial charge in [0.05, 0.1) is 16.6 Å². The molecule has 1 unspecified atom stereocenters. The van der Waals surface area contributed by atoms with Gasteiger partial charge < -0.3 is 10.0 Å². The zero-order valence-corrected chi connectivity index (χ0v) is 13.0. The zero-order valence-electron chi connectivity index (χ0n) is 13.0. The van der Waals surface area contributed by atoms with E-state index in [1.165, 1.54) is 11.0 Å². The summed E-state index contributed by atoms with van der Waals surface area (Å²) in [5.41, 5.74) is 1.47. The quantitative estimate of drug-likeness (QED) is 0.673. The fourth-order valence-corrected chi connectivity index (χ4v) is 2.88. The molecule has 1 heterocycles. The van der Waals surface area contributed by atoms with Crippen molar-refractivity contribution in [2.75, 3.05) is 19.6 Å². The summed E-state index contributed by atoms with van der Waals surface area (Å²) in [4.78, 5) is 25.2. The molecule has 0 aromatic heterocycles. The van der Waals surface area contributed by atoms with Crippen molar-refractivity contribution in [2.45, 2.75) is 26.4 Å². The summed E-state index contributed by atoms with van der Waals surface area (Å²) in [6.07, 6.45) is -0.935. The van der Waals surface area contributed by atoms with E-state index in [1.807, 2.05) is 13.0 Å². The van der Waals surface area contributed by atoms with Gasteiger partial charge in [-0.2, -0.15) is 5.26 Å². The first kappa shape index (κ1) is 16.7. The van der Waals surface area contributed by atoms with Gasteiger partial charge in [0.25, 0.3) is 5.69 Å². The number of rotatable bonds is 3. The average molecular weight is 318 g/mol. The van der Waals surface area contributed by atoms with Crippen molar-refractivity contribution in [3.8, 4) is 6.07 Å². The van der Waals surface area contributed by atoms with Gasteiger partial charge in [0.15, 0.2) is 0 Å². The minimum absolute atomic E-state index is 0.0590. The maximum Gasteiger partial charge on any atom is 0.407 e. The Kier molecular flexibility index (Phi) is 4.81. The summed E-state index contributed by atoms with van der Waals surface area (Å²) < 4.78 is 0. The number of carbonyl (C=O) groups is 1. The van der Waals surface area contributed by atoms with Crippen molar-refractivity contribution in [1.29, 1.82) is 5.26 Å². The Hall–Kier alpha value is -2.66. The molecular formula is C15H18N4O4. The van der Waals surface area contributed by atoms with E-state index in [-0.39, 0.29) is 17.3 Å². The third-order valence-electron chi connectivity index (χ3n) is 4.16. The number of benzene rings is 1. The lowest BCUT2D eigenvalue weighted by Crippen LogP contribution is -2.53. The van der Waals surface area contributed by atoms with Crippen LogP contribution in [-0.2, 0) is 6.54 Å². The molecule has 0 saturated carbocycles. The Balaban J connectivity index is 2.21. The lowest BCUT2D eigenvalue weighted by Gasteiger charge is -2.38. The summed E-state index contributed by atoms with van der Waals surface area (Å²) >= 11 is 0. The number of nitrogens with zero attached hydrogens (tertiary/aromatic N) is 4. The number of carboxylic acid groups (broad SMARTS) is 1. The van der Waals surface area contributed by atoms with Crippen LogP contribution in [0.5, 0.6) is 0 Å². The van der Waals surface area contributed by atoms with E-state index in [1.54, 1.807) is 13.0 Å². The molecule has 0 radical (unpaired) electrons. The topological polar surface area (TPSA) is 111 Å². The monoisotopic (exact) mass is 318 g/mol. The predicted molar refractivity (Wildman–Crippen MR) is 82.0 cm³/mol. The van der Waals surface area contributed by atoms with Gasteiger partial charge in [0.1, 0.15) is 0 Å². The second-order valence-electron chi connectivity index (χ2n) is 5.71. The van der Waals surface area contributed by atoms with Gasteiger partial charge in [-0.15, -0.1) is 0 Å². The van der Waals surface area contributed by atoms with Crippen LogP contribution in [-0.4, -0.2) is 51.6 Å². The maximum atomic E-state index is 11.1. The van der Waals surface area contributed by atoms with E-state index in [9.17, 15) is 14.9 Å². The molecule has 2 rings (SSSR count). The van der Waals surface area contributed by atoms with Gasteiger partial charge in [0.2, 0.25) is 0 Å². The van der Waals surface area contributed by atoms with Crippen LogP contribution in [0.3, 0.4) is 0 Å². The van der Waals surface area contributed by atoms with Crippen LogP contribution in [0.2, 0.25) is 0 Å². The number of piperazine rings is 1. The molecule has 1 atom stereocenters. The summed E-state index contributed by atoms with van der Waals surface area (Å²) in [6, 6.07) is 4.75. The predicted octanol–water partition coefficient (Wildman–Crippen LogP) is 1.96. The average Bonchev–Trinajstić information content (AvgIpc) is 2.48. The number of hydrogen-bond donors (Lipinski definition) is 1. The fraction of sp³-hybridized carbons (Fsp3) is 0.467. The second-order valence-corrected chi connectivity index (χ2v) is 5.71. The van der Waals surface area contributed by atoms with Crippen LogP contribution in [0.4, 0.5) is 10.5 Å². The number of hydrogen-bond acceptors (Lipinski definition) is 5. The van der Waals surface area contributed by atoms with Gasteiger partial charge >= 0.3 is 6.09 Å². The molecule has 1 amide bonds. The molecule has 1 fully saturated rings. The number of nitro benzene ring substituents is 1. The fourth-order valence-electron chi connectivity index (χ4n) is 2.88. The Labute approximate surface area is 133 Å². The van der Waals surface area contributed by atoms with E-state index >= 15 is 0 Å². The largest absolute Gasteiger partial charge is 0.465 e. The van der Waals surface area contributed by atoms with Crippen LogP contribution >= 0.6 is 0 Å². The van der Waals surface area contributed by atoms with Crippen molar-refractivity contribution < 1.29 is 14.8 Å². The van der Waals surface area contributed by atoms with E-state index in [2.05, 4.69) is 4.90 Å². The van der Waals surface area contributed by atoms with Crippen molar-refractivity contribution in [1.82, 2.24) is 9.80 Å². The Morgan fingerprint density at radius 1 is 1.52 bits per heavy atom. The third kappa shape index (κ3) is 3.57. The first-order valence-corrected chi connectivity index (χ1v) is 7.23. The molecule has 8 nitrogen and oxygen atoms in total. The standard InChI is InChI=1S/C15H18N4O4/c1-10-8-17(3-4-18(10)15(20)21)9-13-5-12(7-16)6-14(11(13)2)19(22)23/h5-6,10H,3-4,8-9H2,1-2H3,(H,20,21). The molecule has 23 heavy (non-hydrogen) atoms. The Morgan fingerprint density at radius 2 is 2.22 bits per heavy atom. The Morgan fingerprint density at radius 3 is 2.74 bits per heavy atom. The second kappa shape index (κ2) is 6.62. The SMILES string of the molecule is Cc1c(CN2CCN(C(=O)O)C(C)C2)cc(C#N)cc1[N+](=O)[O-]. The van der Waals surface area contributed by atoms with Crippen LogP contribution < -0.4 is 0 Å². The first-order valence-electron chi connectivity index (χ1n) is 7.23. The van der Waals surface area contributed by atoms with Gasteiger partial charge in [-0.3, -0.25) is 15.0 Å². The zero-order chi connectivity index (χ0) is 17.1. The molecule has 1 aromatic rings. The Bertz CT molecular complexity index is 683. The van der Waals surface area contributed by atoms with Gasteiger partial charge in [-0.25, -0.2) is 4.79 Å². The van der Waals surface area contributed by atoms with Gasteiger partial charge in [-0.05, 0) is 25.5 Å². The lowest BCUT2D eigenvalue weighted by molar-refractivity contribution is -0.385. The van der Waals surface area contributed by atoms with E-state index < -0.39 is 11.0 Å². The normalized spacial score (nSPS) is 18.5. The van der Waals surface area contributed by atoms with Gasteiger partial charge in [0, 0.05) is 43.9 Å². The van der Waals surface area contributed by atoms with Crippen LogP contribution in [0.15, 0.2) is 12.1 Å². The highest BCUT2D eigenvalue weighted by atomic mass is 16.6. The highest BCUT2D eigenvalue weighted by Crippen LogP contribution is 2.25. The number of nitriles is 1. The molecule has 1 aromatic carbocycles. The molecule has 0 spiro atoms. The molecule has 1 saturated heterocycles. The minimum atomic E-state index is -0.935. The molecule has 8 heteroatoms. The maximum absolute atomic E-state index is 11.1. The lowest BCUT2D eigenvalue weighted by atomic mass is 10.0. The van der Waals surface area contributed by atoms with E-state index in [4.69, 9.17) is 10.4 Å². The molecule has 1 N–H and O–H groups in total. The van der Waals surface area contributed by atoms with Crippen LogP contribution in [0, 0.1) is 28.4 Å². The first-order chi connectivity index (χ1) is 10.8. The summed E-state index contributed by atoms with van der Waals surface area (Å²) in [7, 11) is 0. The van der Waals surface area contributed by atoms with Gasteiger partial charge in [-0.1, -0.05) is 0 Å². The van der Waals surface area contributed by atoms with Crippen molar-refractivity contribution in [3.05, 3.63) is 38.9 Å².